The van der Waals surface area contributed by atoms with Crippen molar-refractivity contribution in [2.75, 3.05) is 6.54 Å². The minimum atomic E-state index is 0.268. The molecule has 1 aromatic carbocycles. The Hall–Kier alpha value is -1.28. The van der Waals surface area contributed by atoms with Gasteiger partial charge in [-0.1, -0.05) is 18.2 Å². The van der Waals surface area contributed by atoms with Gasteiger partial charge in [-0.05, 0) is 62.3 Å². The predicted molar refractivity (Wildman–Crippen MR) is 79.2 cm³/mol. The molecule has 4 atom stereocenters. The van der Waals surface area contributed by atoms with Crippen molar-refractivity contribution in [2.45, 2.75) is 50.7 Å². The number of allylic oxidation sites excluding steroid dienone is 1. The maximum atomic E-state index is 6.53. The molecule has 104 valence electrons. The first-order valence-electron chi connectivity index (χ1n) is 7.91. The van der Waals surface area contributed by atoms with Gasteiger partial charge in [-0.25, -0.2) is 0 Å². The molecule has 2 heterocycles. The SMILES string of the molecule is CC1=CCC2[C@@H]3Cc4ccc(C)c5c4C2(CCN3)[C@@H]1O5. The van der Waals surface area contributed by atoms with Gasteiger partial charge in [0.1, 0.15) is 11.9 Å². The fourth-order valence-electron chi connectivity index (χ4n) is 5.45. The van der Waals surface area contributed by atoms with Gasteiger partial charge < -0.3 is 10.1 Å². The zero-order valence-corrected chi connectivity index (χ0v) is 12.2. The molecule has 2 heteroatoms. The van der Waals surface area contributed by atoms with E-state index in [4.69, 9.17) is 4.74 Å². The number of benzene rings is 1. The molecular formula is C18H21NO. The highest BCUT2D eigenvalue weighted by atomic mass is 16.5. The Morgan fingerprint density at radius 2 is 2.20 bits per heavy atom. The van der Waals surface area contributed by atoms with E-state index in [1.165, 1.54) is 41.7 Å². The summed E-state index contributed by atoms with van der Waals surface area (Å²) in [6, 6.07) is 5.24. The van der Waals surface area contributed by atoms with Gasteiger partial charge in [0, 0.05) is 17.0 Å². The van der Waals surface area contributed by atoms with E-state index in [1.54, 1.807) is 5.56 Å². The lowest BCUT2D eigenvalue weighted by Crippen LogP contribution is -2.62. The Bertz CT molecular complexity index is 647. The second-order valence-corrected chi connectivity index (χ2v) is 7.09. The maximum absolute atomic E-state index is 6.53. The summed E-state index contributed by atoms with van der Waals surface area (Å²) in [7, 11) is 0. The van der Waals surface area contributed by atoms with E-state index in [0.717, 1.165) is 12.5 Å². The van der Waals surface area contributed by atoms with Gasteiger partial charge in [0.25, 0.3) is 0 Å². The Morgan fingerprint density at radius 3 is 3.10 bits per heavy atom. The van der Waals surface area contributed by atoms with Gasteiger partial charge in [-0.15, -0.1) is 0 Å². The van der Waals surface area contributed by atoms with E-state index in [1.807, 2.05) is 0 Å². The number of hydrogen-bond acceptors (Lipinski definition) is 2. The van der Waals surface area contributed by atoms with Crippen molar-refractivity contribution >= 4 is 0 Å². The van der Waals surface area contributed by atoms with E-state index < -0.39 is 0 Å². The molecule has 0 saturated carbocycles. The standard InChI is InChI=1S/C18H21NO/c1-10-3-5-12-9-14-13-6-4-11(2)17-18(13,7-8-19-14)15(12)16(10)20-17/h3-5,13-14,17,19H,6-9H2,1-2H3/t13?,14-,17+,18?/m0/s1. The fourth-order valence-corrected chi connectivity index (χ4v) is 5.45. The number of hydrogen-bond donors (Lipinski definition) is 1. The fraction of sp³-hybridized carbons (Fsp3) is 0.556. The van der Waals surface area contributed by atoms with Gasteiger partial charge >= 0.3 is 0 Å². The molecule has 4 aliphatic rings. The van der Waals surface area contributed by atoms with Crippen LogP contribution in [0.25, 0.3) is 0 Å². The molecule has 2 aliphatic heterocycles. The van der Waals surface area contributed by atoms with Crippen LogP contribution in [0.1, 0.15) is 36.5 Å². The third kappa shape index (κ3) is 1.08. The Morgan fingerprint density at radius 1 is 1.30 bits per heavy atom. The van der Waals surface area contributed by atoms with Gasteiger partial charge in [0.15, 0.2) is 0 Å². The van der Waals surface area contributed by atoms with Crippen molar-refractivity contribution in [1.29, 1.82) is 0 Å². The average Bonchev–Trinajstić information content (AvgIpc) is 2.78. The molecule has 2 nitrogen and oxygen atoms in total. The van der Waals surface area contributed by atoms with Crippen LogP contribution in [0.2, 0.25) is 0 Å². The van der Waals surface area contributed by atoms with Crippen LogP contribution in [0.15, 0.2) is 23.8 Å². The molecule has 1 spiro atoms. The van der Waals surface area contributed by atoms with Crippen LogP contribution in [-0.4, -0.2) is 18.7 Å². The minimum Gasteiger partial charge on any atom is -0.485 e. The first-order valence-corrected chi connectivity index (χ1v) is 7.91. The lowest BCUT2D eigenvalue weighted by molar-refractivity contribution is 0.0518. The van der Waals surface area contributed by atoms with E-state index >= 15 is 0 Å². The Kier molecular flexibility index (Phi) is 1.98. The normalized spacial score (nSPS) is 39.9. The zero-order valence-electron chi connectivity index (χ0n) is 12.2. The highest BCUT2D eigenvalue weighted by Gasteiger charge is 2.61. The summed E-state index contributed by atoms with van der Waals surface area (Å²) in [5.41, 5.74) is 6.15. The molecule has 0 radical (unpaired) electrons. The second-order valence-electron chi connectivity index (χ2n) is 7.09. The summed E-state index contributed by atoms with van der Waals surface area (Å²) in [6.45, 7) is 5.61. The molecule has 1 N–H and O–H groups in total. The third-order valence-electron chi connectivity index (χ3n) is 6.25. The Labute approximate surface area is 120 Å². The summed E-state index contributed by atoms with van der Waals surface area (Å²) < 4.78 is 6.53. The van der Waals surface area contributed by atoms with Crippen LogP contribution in [0.4, 0.5) is 0 Å². The van der Waals surface area contributed by atoms with Gasteiger partial charge in [-0.2, -0.15) is 0 Å². The number of rotatable bonds is 0. The summed E-state index contributed by atoms with van der Waals surface area (Å²) in [6.07, 6.45) is 6.35. The number of aryl methyl sites for hydroxylation is 1. The van der Waals surface area contributed by atoms with Crippen LogP contribution >= 0.6 is 0 Å². The quantitative estimate of drug-likeness (QED) is 0.730. The first kappa shape index (κ1) is 11.4. The molecule has 2 unspecified atom stereocenters. The average molecular weight is 267 g/mol. The first-order chi connectivity index (χ1) is 9.72. The smallest absolute Gasteiger partial charge is 0.130 e. The molecule has 20 heavy (non-hydrogen) atoms. The second kappa shape index (κ2) is 3.48. The highest BCUT2D eigenvalue weighted by molar-refractivity contribution is 5.59. The molecule has 1 fully saturated rings. The van der Waals surface area contributed by atoms with Crippen LogP contribution < -0.4 is 10.1 Å². The molecule has 0 aromatic heterocycles. The van der Waals surface area contributed by atoms with Gasteiger partial charge in [-0.3, -0.25) is 0 Å². The minimum absolute atomic E-state index is 0.268. The maximum Gasteiger partial charge on any atom is 0.130 e. The molecule has 2 aliphatic carbocycles. The number of nitrogens with one attached hydrogen (secondary N) is 1. The molecule has 5 rings (SSSR count). The van der Waals surface area contributed by atoms with E-state index in [2.05, 4.69) is 37.4 Å². The van der Waals surface area contributed by atoms with Crippen LogP contribution in [0.3, 0.4) is 0 Å². The lowest BCUT2D eigenvalue weighted by Gasteiger charge is -2.54. The summed E-state index contributed by atoms with van der Waals surface area (Å²) in [5.74, 6) is 1.94. The van der Waals surface area contributed by atoms with Crippen molar-refractivity contribution < 1.29 is 4.74 Å². The number of piperidine rings is 1. The van der Waals surface area contributed by atoms with Crippen LogP contribution in [0.5, 0.6) is 5.75 Å². The highest BCUT2D eigenvalue weighted by Crippen LogP contribution is 2.61. The zero-order chi connectivity index (χ0) is 13.5. The van der Waals surface area contributed by atoms with Gasteiger partial charge in [0.05, 0.1) is 0 Å². The summed E-state index contributed by atoms with van der Waals surface area (Å²) in [5, 5.41) is 3.77. The van der Waals surface area contributed by atoms with Crippen molar-refractivity contribution in [3.05, 3.63) is 40.5 Å². The molecular weight excluding hydrogens is 246 g/mol. The Balaban J connectivity index is 1.87. The summed E-state index contributed by atoms with van der Waals surface area (Å²) in [4.78, 5) is 0. The van der Waals surface area contributed by atoms with Crippen LogP contribution in [-0.2, 0) is 11.8 Å². The van der Waals surface area contributed by atoms with Crippen LogP contribution in [0, 0.1) is 12.8 Å². The molecule has 0 amide bonds. The largest absolute Gasteiger partial charge is 0.485 e. The van der Waals surface area contributed by atoms with Crippen molar-refractivity contribution in [2.24, 2.45) is 5.92 Å². The van der Waals surface area contributed by atoms with Gasteiger partial charge in [0.2, 0.25) is 0 Å². The third-order valence-corrected chi connectivity index (χ3v) is 6.25. The lowest BCUT2D eigenvalue weighted by atomic mass is 9.52. The van der Waals surface area contributed by atoms with E-state index in [9.17, 15) is 0 Å². The number of ether oxygens (including phenoxy) is 1. The predicted octanol–water partition coefficient (Wildman–Crippen LogP) is 2.88. The molecule has 1 saturated heterocycles. The monoisotopic (exact) mass is 267 g/mol. The summed E-state index contributed by atoms with van der Waals surface area (Å²) >= 11 is 0. The molecule has 2 bridgehead atoms. The van der Waals surface area contributed by atoms with Crippen molar-refractivity contribution in [3.63, 3.8) is 0 Å². The van der Waals surface area contributed by atoms with Crippen molar-refractivity contribution in [1.82, 2.24) is 5.32 Å². The van der Waals surface area contributed by atoms with E-state index in [-0.39, 0.29) is 5.41 Å². The topological polar surface area (TPSA) is 21.3 Å². The van der Waals surface area contributed by atoms with E-state index in [0.29, 0.717) is 12.1 Å². The molecule has 1 aromatic rings. The van der Waals surface area contributed by atoms with Crippen molar-refractivity contribution in [3.8, 4) is 5.75 Å².